The second-order valence-corrected chi connectivity index (χ2v) is 8.92. The molecule has 1 aliphatic carbocycles. The average Bonchev–Trinajstić information content (AvgIpc) is 3.29. The van der Waals surface area contributed by atoms with Crippen LogP contribution in [-0.4, -0.2) is 51.2 Å². The molecule has 3 heterocycles. The molecule has 31 heavy (non-hydrogen) atoms. The third kappa shape index (κ3) is 3.64. The summed E-state index contributed by atoms with van der Waals surface area (Å²) < 4.78 is 14.1. The van der Waals surface area contributed by atoms with E-state index in [0.29, 0.717) is 49.1 Å². The summed E-state index contributed by atoms with van der Waals surface area (Å²) in [6, 6.07) is 5.91. The highest BCUT2D eigenvalue weighted by atomic mass is 19.1. The number of rotatable bonds is 3. The molecule has 2 fully saturated rings. The average molecular weight is 424 g/mol. The van der Waals surface area contributed by atoms with Gasteiger partial charge in [-0.3, -0.25) is 14.4 Å². The van der Waals surface area contributed by atoms with Crippen molar-refractivity contribution in [2.75, 3.05) is 19.6 Å². The lowest BCUT2D eigenvalue weighted by Crippen LogP contribution is -2.40. The number of carbonyl (C=O) groups excluding carboxylic acids is 2. The third-order valence-corrected chi connectivity index (χ3v) is 6.80. The minimum Gasteiger partial charge on any atom is -0.342 e. The molecule has 0 unspecified atom stereocenters. The molecule has 8 heteroatoms. The Hall–Kier alpha value is -3.03. The van der Waals surface area contributed by atoms with Crippen molar-refractivity contribution in [1.29, 1.82) is 0 Å². The maximum atomic E-state index is 14.1. The summed E-state index contributed by atoms with van der Waals surface area (Å²) in [5.41, 5.74) is 0.989. The highest BCUT2D eigenvalue weighted by Crippen LogP contribution is 2.40. The zero-order valence-electron chi connectivity index (χ0n) is 17.4. The number of nitrogens with one attached hydrogen (secondary N) is 1. The highest BCUT2D eigenvalue weighted by molar-refractivity contribution is 5.94. The minimum atomic E-state index is -0.557. The standard InChI is InChI=1S/C23H25FN4O3/c1-13-10-17(13)23(31)27-8-6-14(11-27)20-25-19-12-28(9-7-16(19)21(29)26-20)22(30)15-4-2-3-5-18(15)24/h2-5,13-14,17H,6-12H2,1H3,(H,25,26,29)/t13-,14-,17-/m1/s1. The van der Waals surface area contributed by atoms with Crippen LogP contribution in [-0.2, 0) is 17.8 Å². The van der Waals surface area contributed by atoms with Crippen molar-refractivity contribution >= 4 is 11.8 Å². The van der Waals surface area contributed by atoms with E-state index in [2.05, 4.69) is 11.9 Å². The highest BCUT2D eigenvalue weighted by Gasteiger charge is 2.43. The van der Waals surface area contributed by atoms with Gasteiger partial charge in [0.2, 0.25) is 5.91 Å². The Morgan fingerprint density at radius 2 is 1.97 bits per heavy atom. The van der Waals surface area contributed by atoms with Gasteiger partial charge in [0.25, 0.3) is 11.5 Å². The van der Waals surface area contributed by atoms with E-state index in [1.54, 1.807) is 12.1 Å². The molecule has 1 aromatic heterocycles. The predicted octanol–water partition coefficient (Wildman–Crippen LogP) is 2.08. The Balaban J connectivity index is 1.35. The van der Waals surface area contributed by atoms with Gasteiger partial charge in [-0.25, -0.2) is 9.37 Å². The van der Waals surface area contributed by atoms with Crippen molar-refractivity contribution in [3.63, 3.8) is 0 Å². The molecule has 5 rings (SSSR count). The van der Waals surface area contributed by atoms with Gasteiger partial charge in [0, 0.05) is 37.0 Å². The van der Waals surface area contributed by atoms with Crippen LogP contribution in [0.25, 0.3) is 0 Å². The van der Waals surface area contributed by atoms with Crippen LogP contribution in [0.5, 0.6) is 0 Å². The molecule has 0 radical (unpaired) electrons. The quantitative estimate of drug-likeness (QED) is 0.818. The third-order valence-electron chi connectivity index (χ3n) is 6.80. The number of fused-ring (bicyclic) bond motifs is 1. The molecule has 0 spiro atoms. The van der Waals surface area contributed by atoms with Crippen LogP contribution < -0.4 is 5.56 Å². The molecule has 3 aliphatic rings. The molecule has 0 bridgehead atoms. The first-order valence-corrected chi connectivity index (χ1v) is 10.9. The fraction of sp³-hybridized carbons (Fsp3) is 0.478. The first kappa shape index (κ1) is 19.9. The smallest absolute Gasteiger partial charge is 0.257 e. The molecule has 1 N–H and O–H groups in total. The fourth-order valence-electron chi connectivity index (χ4n) is 4.71. The Labute approximate surface area is 179 Å². The maximum absolute atomic E-state index is 14.1. The molecular weight excluding hydrogens is 399 g/mol. The largest absolute Gasteiger partial charge is 0.342 e. The Morgan fingerprint density at radius 3 is 2.71 bits per heavy atom. The lowest BCUT2D eigenvalue weighted by atomic mass is 10.0. The van der Waals surface area contributed by atoms with E-state index in [9.17, 15) is 18.8 Å². The number of hydrogen-bond donors (Lipinski definition) is 1. The van der Waals surface area contributed by atoms with Crippen molar-refractivity contribution in [2.24, 2.45) is 11.8 Å². The van der Waals surface area contributed by atoms with Crippen molar-refractivity contribution in [3.05, 3.63) is 63.1 Å². The van der Waals surface area contributed by atoms with Crippen LogP contribution >= 0.6 is 0 Å². The topological polar surface area (TPSA) is 86.4 Å². The number of halogens is 1. The summed E-state index contributed by atoms with van der Waals surface area (Å²) in [6.45, 7) is 3.84. The van der Waals surface area contributed by atoms with Crippen LogP contribution in [0.4, 0.5) is 4.39 Å². The van der Waals surface area contributed by atoms with Crippen LogP contribution in [0.15, 0.2) is 29.1 Å². The van der Waals surface area contributed by atoms with E-state index in [4.69, 9.17) is 4.98 Å². The SMILES string of the molecule is C[C@@H]1C[C@H]1C(=O)N1CC[C@@H](c2nc3c(c(=O)[nH]2)CCN(C(=O)c2ccccc2F)C3)C1. The number of H-pyrrole nitrogens is 1. The van der Waals surface area contributed by atoms with Crippen molar-refractivity contribution in [2.45, 2.75) is 38.6 Å². The monoisotopic (exact) mass is 424 g/mol. The summed E-state index contributed by atoms with van der Waals surface area (Å²) in [5, 5.41) is 0. The number of likely N-dealkylation sites (tertiary alicyclic amines) is 1. The van der Waals surface area contributed by atoms with E-state index in [-0.39, 0.29) is 35.4 Å². The van der Waals surface area contributed by atoms with Gasteiger partial charge in [0.15, 0.2) is 0 Å². The van der Waals surface area contributed by atoms with Crippen molar-refractivity contribution in [3.8, 4) is 0 Å². The lowest BCUT2D eigenvalue weighted by molar-refractivity contribution is -0.131. The number of aromatic amines is 1. The number of carbonyl (C=O) groups is 2. The minimum absolute atomic E-state index is 0.0198. The second kappa shape index (κ2) is 7.59. The van der Waals surface area contributed by atoms with Crippen molar-refractivity contribution < 1.29 is 14.0 Å². The first-order valence-electron chi connectivity index (χ1n) is 10.9. The zero-order valence-corrected chi connectivity index (χ0v) is 17.4. The van der Waals surface area contributed by atoms with Crippen molar-refractivity contribution in [1.82, 2.24) is 19.8 Å². The molecule has 162 valence electrons. The van der Waals surface area contributed by atoms with Crippen LogP contribution in [0, 0.1) is 17.7 Å². The molecule has 2 aliphatic heterocycles. The maximum Gasteiger partial charge on any atom is 0.257 e. The molecule has 2 amide bonds. The number of nitrogens with zero attached hydrogens (tertiary/aromatic N) is 3. The molecule has 7 nitrogen and oxygen atoms in total. The molecule has 1 aromatic carbocycles. The van der Waals surface area contributed by atoms with E-state index >= 15 is 0 Å². The van der Waals surface area contributed by atoms with Gasteiger partial charge in [-0.05, 0) is 37.3 Å². The van der Waals surface area contributed by atoms with E-state index < -0.39 is 11.7 Å². The number of aromatic nitrogens is 2. The van der Waals surface area contributed by atoms with Crippen LogP contribution in [0.1, 0.15) is 53.1 Å². The van der Waals surface area contributed by atoms with E-state index in [0.717, 1.165) is 12.8 Å². The number of benzene rings is 1. The van der Waals surface area contributed by atoms with Gasteiger partial charge < -0.3 is 14.8 Å². The zero-order chi connectivity index (χ0) is 21.7. The summed E-state index contributed by atoms with van der Waals surface area (Å²) in [5.74, 6) is 0.411. The number of hydrogen-bond acceptors (Lipinski definition) is 4. The molecular formula is C23H25FN4O3. The molecule has 2 aromatic rings. The second-order valence-electron chi connectivity index (χ2n) is 8.92. The summed E-state index contributed by atoms with van der Waals surface area (Å²) in [7, 11) is 0. The van der Waals surface area contributed by atoms with Gasteiger partial charge >= 0.3 is 0 Å². The first-order chi connectivity index (χ1) is 14.9. The normalized spacial score (nSPS) is 24.8. The van der Waals surface area contributed by atoms with Gasteiger partial charge in [-0.15, -0.1) is 0 Å². The summed E-state index contributed by atoms with van der Waals surface area (Å²) in [6.07, 6.45) is 2.10. The lowest BCUT2D eigenvalue weighted by Gasteiger charge is -2.28. The summed E-state index contributed by atoms with van der Waals surface area (Å²) >= 11 is 0. The van der Waals surface area contributed by atoms with E-state index in [1.165, 1.54) is 17.0 Å². The van der Waals surface area contributed by atoms with E-state index in [1.807, 2.05) is 4.90 Å². The number of amides is 2. The van der Waals surface area contributed by atoms with Gasteiger partial charge in [-0.2, -0.15) is 0 Å². The fourth-order valence-corrected chi connectivity index (χ4v) is 4.71. The Morgan fingerprint density at radius 1 is 1.19 bits per heavy atom. The van der Waals surface area contributed by atoms with Crippen LogP contribution in [0.3, 0.4) is 0 Å². The van der Waals surface area contributed by atoms with Gasteiger partial charge in [0.1, 0.15) is 11.6 Å². The predicted molar refractivity (Wildman–Crippen MR) is 111 cm³/mol. The Bertz CT molecular complexity index is 1110. The van der Waals surface area contributed by atoms with Crippen LogP contribution in [0.2, 0.25) is 0 Å². The summed E-state index contributed by atoms with van der Waals surface area (Å²) in [4.78, 5) is 49.0. The molecule has 1 saturated heterocycles. The van der Waals surface area contributed by atoms with Gasteiger partial charge in [-0.1, -0.05) is 19.1 Å². The molecule has 3 atom stereocenters. The Kier molecular flexibility index (Phi) is 4.87. The molecule has 1 saturated carbocycles. The van der Waals surface area contributed by atoms with Gasteiger partial charge in [0.05, 0.1) is 17.8 Å².